The molecule has 4 N–H and O–H groups in total. The molecule has 0 unspecified atom stereocenters. The van der Waals surface area contributed by atoms with Crippen LogP contribution in [-0.2, 0) is 0 Å². The fraction of sp³-hybridized carbons (Fsp3) is 0.0541. The Morgan fingerprint density at radius 1 is 0.830 bits per heavy atom. The molecule has 0 aromatic heterocycles. The van der Waals surface area contributed by atoms with Crippen molar-refractivity contribution in [1.29, 1.82) is 0 Å². The van der Waals surface area contributed by atoms with Crippen LogP contribution in [0.25, 0.3) is 0 Å². The topological polar surface area (TPSA) is 89.9 Å². The highest BCUT2D eigenvalue weighted by Gasteiger charge is 2.24. The number of hydrazine groups is 1. The Bertz CT molecular complexity index is 1920. The van der Waals surface area contributed by atoms with Crippen LogP contribution in [0.5, 0.6) is 0 Å². The van der Waals surface area contributed by atoms with E-state index in [9.17, 15) is 4.79 Å². The van der Waals surface area contributed by atoms with Crippen molar-refractivity contribution in [1.82, 2.24) is 16.3 Å². The molecule has 10 heteroatoms. The van der Waals surface area contributed by atoms with Crippen molar-refractivity contribution in [2.75, 3.05) is 5.32 Å². The Labute approximate surface area is 287 Å². The molecule has 5 aromatic rings. The second-order valence-corrected chi connectivity index (χ2v) is 12.4. The van der Waals surface area contributed by atoms with Gasteiger partial charge in [-0.15, -0.1) is 11.8 Å². The summed E-state index contributed by atoms with van der Waals surface area (Å²) in [6.45, 7) is 0. The number of hydrogen-bond acceptors (Lipinski definition) is 7. The van der Waals surface area contributed by atoms with E-state index in [0.29, 0.717) is 22.2 Å². The maximum Gasteiger partial charge on any atom is 0.257 e. The summed E-state index contributed by atoms with van der Waals surface area (Å²) < 4.78 is 0. The quantitative estimate of drug-likeness (QED) is 0.0877. The summed E-state index contributed by atoms with van der Waals surface area (Å²) in [6, 6.07) is 42.5. The van der Waals surface area contributed by atoms with E-state index in [0.717, 1.165) is 27.3 Å². The molecule has 0 aliphatic carbocycles. The molecule has 0 saturated heterocycles. The number of carbonyl (C=O) groups is 1. The Hall–Kier alpha value is -5.02. The highest BCUT2D eigenvalue weighted by molar-refractivity contribution is 7.99. The molecular weight excluding hydrogens is 647 g/mol. The first-order chi connectivity index (χ1) is 23.0. The van der Waals surface area contributed by atoms with Gasteiger partial charge in [0.2, 0.25) is 5.96 Å². The first kappa shape index (κ1) is 31.9. The molecule has 0 fully saturated rings. The zero-order chi connectivity index (χ0) is 32.4. The van der Waals surface area contributed by atoms with Gasteiger partial charge in [-0.1, -0.05) is 126 Å². The van der Waals surface area contributed by atoms with Crippen LogP contribution in [0.4, 0.5) is 5.69 Å². The number of aliphatic imine (C=N–C) groups is 1. The third-order valence-corrected chi connectivity index (χ3v) is 9.06. The van der Waals surface area contributed by atoms with E-state index in [1.807, 2.05) is 103 Å². The Balaban J connectivity index is 1.17. The van der Waals surface area contributed by atoms with Crippen LogP contribution in [0.3, 0.4) is 0 Å². The van der Waals surface area contributed by atoms with Gasteiger partial charge < -0.3 is 10.7 Å². The molecular formula is C37H30Cl2N6OS. The van der Waals surface area contributed by atoms with Crippen LogP contribution < -0.4 is 21.6 Å². The van der Waals surface area contributed by atoms with Crippen molar-refractivity contribution in [2.45, 2.75) is 16.2 Å². The second kappa shape index (κ2) is 15.5. The number of para-hydroxylation sites is 1. The Morgan fingerprint density at radius 3 is 2.26 bits per heavy atom. The summed E-state index contributed by atoms with van der Waals surface area (Å²) in [5.74, 6) is 0.172. The lowest BCUT2D eigenvalue weighted by molar-refractivity contribution is 0.102. The Morgan fingerprint density at radius 2 is 1.51 bits per heavy atom. The number of carbonyl (C=O) groups excluding carboxylic acids is 1. The number of guanidine groups is 1. The molecule has 0 spiro atoms. The van der Waals surface area contributed by atoms with E-state index in [1.54, 1.807) is 30.0 Å². The smallest absolute Gasteiger partial charge is 0.257 e. The number of benzene rings is 5. The molecule has 0 bridgehead atoms. The monoisotopic (exact) mass is 676 g/mol. The van der Waals surface area contributed by atoms with E-state index in [-0.39, 0.29) is 22.2 Å². The molecule has 6 rings (SSSR count). The first-order valence-electron chi connectivity index (χ1n) is 14.8. The summed E-state index contributed by atoms with van der Waals surface area (Å²) in [4.78, 5) is 18.9. The fourth-order valence-electron chi connectivity index (χ4n) is 4.93. The van der Waals surface area contributed by atoms with Crippen molar-refractivity contribution >= 4 is 58.2 Å². The number of nitrogens with one attached hydrogen (secondary N) is 4. The third-order valence-electron chi connectivity index (χ3n) is 7.22. The van der Waals surface area contributed by atoms with Crippen LogP contribution in [0, 0.1) is 0 Å². The summed E-state index contributed by atoms with van der Waals surface area (Å²) in [7, 11) is 0. The fourth-order valence-corrected chi connectivity index (χ4v) is 6.55. The maximum absolute atomic E-state index is 13.1. The zero-order valence-corrected chi connectivity index (χ0v) is 27.3. The van der Waals surface area contributed by atoms with Gasteiger partial charge in [0.15, 0.2) is 0 Å². The second-order valence-electron chi connectivity index (χ2n) is 10.4. The minimum absolute atomic E-state index is 0.0938. The number of rotatable bonds is 10. The van der Waals surface area contributed by atoms with E-state index < -0.39 is 0 Å². The van der Waals surface area contributed by atoms with Gasteiger partial charge in [0, 0.05) is 21.7 Å². The molecule has 234 valence electrons. The van der Waals surface area contributed by atoms with Gasteiger partial charge in [-0.05, 0) is 47.5 Å². The van der Waals surface area contributed by atoms with E-state index >= 15 is 0 Å². The van der Waals surface area contributed by atoms with Gasteiger partial charge in [-0.25, -0.2) is 10.4 Å². The third kappa shape index (κ3) is 8.23. The van der Waals surface area contributed by atoms with Crippen molar-refractivity contribution < 1.29 is 4.79 Å². The molecule has 5 aromatic carbocycles. The zero-order valence-electron chi connectivity index (χ0n) is 25.0. The highest BCUT2D eigenvalue weighted by atomic mass is 35.5. The average Bonchev–Trinajstić information content (AvgIpc) is 3.11. The normalized spacial score (nSPS) is 14.8. The van der Waals surface area contributed by atoms with Crippen molar-refractivity contribution in [2.24, 2.45) is 10.1 Å². The van der Waals surface area contributed by atoms with Crippen LogP contribution in [-0.4, -0.2) is 17.6 Å². The summed E-state index contributed by atoms with van der Waals surface area (Å²) >= 11 is 13.9. The molecule has 47 heavy (non-hydrogen) atoms. The van der Waals surface area contributed by atoms with Gasteiger partial charge in [0.05, 0.1) is 27.2 Å². The molecule has 0 saturated carbocycles. The predicted molar refractivity (Wildman–Crippen MR) is 194 cm³/mol. The minimum atomic E-state index is -0.315. The average molecular weight is 678 g/mol. The number of amides is 1. The molecule has 1 aliphatic rings. The van der Waals surface area contributed by atoms with Crippen molar-refractivity contribution in [3.8, 4) is 0 Å². The molecule has 1 heterocycles. The summed E-state index contributed by atoms with van der Waals surface area (Å²) in [5, 5.41) is 8.35. The van der Waals surface area contributed by atoms with Gasteiger partial charge in [-0.2, -0.15) is 5.10 Å². The largest absolute Gasteiger partial charge is 0.321 e. The number of hydrogen-bond donors (Lipinski definition) is 4. The van der Waals surface area contributed by atoms with E-state index in [2.05, 4.69) is 51.0 Å². The lowest BCUT2D eigenvalue weighted by Crippen LogP contribution is -2.44. The van der Waals surface area contributed by atoms with Gasteiger partial charge in [0.25, 0.3) is 5.91 Å². The van der Waals surface area contributed by atoms with Gasteiger partial charge in [-0.3, -0.25) is 10.2 Å². The summed E-state index contributed by atoms with van der Waals surface area (Å²) in [6.07, 6.45) is 3.87. The number of nitrogens with zero attached hydrogens (tertiary/aromatic N) is 2. The van der Waals surface area contributed by atoms with Crippen LogP contribution in [0.15, 0.2) is 161 Å². The van der Waals surface area contributed by atoms with Crippen LogP contribution in [0.2, 0.25) is 10.0 Å². The lowest BCUT2D eigenvalue weighted by atomic mass is 9.97. The van der Waals surface area contributed by atoms with Gasteiger partial charge in [0.1, 0.15) is 6.04 Å². The summed E-state index contributed by atoms with van der Waals surface area (Å²) in [5.41, 5.74) is 14.3. The van der Waals surface area contributed by atoms with E-state index in [1.165, 1.54) is 0 Å². The Kier molecular flexibility index (Phi) is 10.5. The SMILES string of the molecule is O=C(Nc1ccccc1S[C@@H](/C=C/NNC1=N[C@H](c2ccccc2)C(c2ccccc2)=NN1)c1ccccc1)c1ccc(Cl)cc1Cl. The number of anilines is 1. The highest BCUT2D eigenvalue weighted by Crippen LogP contribution is 2.40. The van der Waals surface area contributed by atoms with Crippen molar-refractivity contribution in [3.63, 3.8) is 0 Å². The molecule has 1 aliphatic heterocycles. The lowest BCUT2D eigenvalue weighted by Gasteiger charge is -2.23. The van der Waals surface area contributed by atoms with Gasteiger partial charge >= 0.3 is 0 Å². The first-order valence-corrected chi connectivity index (χ1v) is 16.5. The number of thioether (sulfide) groups is 1. The molecule has 7 nitrogen and oxygen atoms in total. The van der Waals surface area contributed by atoms with Crippen molar-refractivity contribution in [3.05, 3.63) is 178 Å². The maximum atomic E-state index is 13.1. The minimum Gasteiger partial charge on any atom is -0.321 e. The van der Waals surface area contributed by atoms with Crippen LogP contribution >= 0.6 is 35.0 Å². The number of halogens is 2. The standard InChI is InChI=1S/C37H30Cl2N6OS/c38-28-20-21-29(30(39)24-28)36(46)41-31-18-10-11-19-33(31)47-32(25-12-4-1-5-13-25)22-23-40-44-37-42-34(26-14-6-2-7-15-26)35(43-45-37)27-16-8-3-9-17-27/h1-24,32,34,40H,(H,41,46)(H2,42,44,45)/b23-22+/t32-,34+/m0/s1. The molecule has 0 radical (unpaired) electrons. The predicted octanol–water partition coefficient (Wildman–Crippen LogP) is 8.79. The molecule has 1 amide bonds. The van der Waals surface area contributed by atoms with Crippen LogP contribution in [0.1, 0.15) is 38.3 Å². The number of hydrazone groups is 1. The molecule has 2 atom stereocenters. The van der Waals surface area contributed by atoms with E-state index in [4.69, 9.17) is 28.2 Å².